The van der Waals surface area contributed by atoms with Crippen LogP contribution in [0.25, 0.3) is 0 Å². The summed E-state index contributed by atoms with van der Waals surface area (Å²) in [5.41, 5.74) is 7.15. The van der Waals surface area contributed by atoms with Gasteiger partial charge in [-0.2, -0.15) is 0 Å². The first-order chi connectivity index (χ1) is 9.72. The summed E-state index contributed by atoms with van der Waals surface area (Å²) in [5.74, 6) is -0.0326. The fourth-order valence-electron chi connectivity index (χ4n) is 2.83. The van der Waals surface area contributed by atoms with Crippen LogP contribution in [0.2, 0.25) is 0 Å². The number of carbonyl (C=O) groups excluding carboxylic acids is 1. The molecule has 110 valence electrons. The zero-order valence-electron chi connectivity index (χ0n) is 11.9. The van der Waals surface area contributed by atoms with Gasteiger partial charge in [-0.15, -0.1) is 0 Å². The SMILES string of the molecule is N[C@H](Cc1ccccc1)C(=O)N1CCCCCC1CO. The summed E-state index contributed by atoms with van der Waals surface area (Å²) < 4.78 is 0. The molecule has 2 rings (SSSR count). The van der Waals surface area contributed by atoms with Crippen LogP contribution >= 0.6 is 0 Å². The molecule has 0 aromatic heterocycles. The van der Waals surface area contributed by atoms with Gasteiger partial charge in [0.25, 0.3) is 0 Å². The van der Waals surface area contributed by atoms with Crippen LogP contribution in [0.15, 0.2) is 30.3 Å². The number of carbonyl (C=O) groups is 1. The molecule has 1 unspecified atom stereocenters. The number of aliphatic hydroxyl groups excluding tert-OH is 1. The number of benzene rings is 1. The first-order valence-electron chi connectivity index (χ1n) is 7.43. The Morgan fingerprint density at radius 2 is 2.05 bits per heavy atom. The average molecular weight is 276 g/mol. The lowest BCUT2D eigenvalue weighted by molar-refractivity contribution is -0.135. The molecule has 4 heteroatoms. The Morgan fingerprint density at radius 1 is 1.30 bits per heavy atom. The quantitative estimate of drug-likeness (QED) is 0.871. The number of amides is 1. The van der Waals surface area contributed by atoms with Crippen LogP contribution in [-0.4, -0.2) is 41.1 Å². The summed E-state index contributed by atoms with van der Waals surface area (Å²) in [6.45, 7) is 0.746. The first-order valence-corrected chi connectivity index (χ1v) is 7.43. The van der Waals surface area contributed by atoms with E-state index in [1.54, 1.807) is 4.90 Å². The second-order valence-corrected chi connectivity index (χ2v) is 5.51. The van der Waals surface area contributed by atoms with Crippen molar-refractivity contribution < 1.29 is 9.90 Å². The molecular weight excluding hydrogens is 252 g/mol. The van der Waals surface area contributed by atoms with E-state index in [0.717, 1.165) is 31.2 Å². The van der Waals surface area contributed by atoms with E-state index in [2.05, 4.69) is 0 Å². The maximum atomic E-state index is 12.5. The fraction of sp³-hybridized carbons (Fsp3) is 0.562. The van der Waals surface area contributed by atoms with Crippen molar-refractivity contribution >= 4 is 5.91 Å². The van der Waals surface area contributed by atoms with Gasteiger partial charge < -0.3 is 15.7 Å². The summed E-state index contributed by atoms with van der Waals surface area (Å²) >= 11 is 0. The van der Waals surface area contributed by atoms with E-state index in [9.17, 15) is 9.90 Å². The maximum Gasteiger partial charge on any atom is 0.240 e. The summed E-state index contributed by atoms with van der Waals surface area (Å²) in [7, 11) is 0. The van der Waals surface area contributed by atoms with E-state index >= 15 is 0 Å². The second-order valence-electron chi connectivity index (χ2n) is 5.51. The smallest absolute Gasteiger partial charge is 0.240 e. The van der Waals surface area contributed by atoms with Gasteiger partial charge in [-0.1, -0.05) is 43.2 Å². The van der Waals surface area contributed by atoms with Crippen LogP contribution in [0.3, 0.4) is 0 Å². The van der Waals surface area contributed by atoms with Gasteiger partial charge in [0, 0.05) is 6.54 Å². The molecule has 1 amide bonds. The minimum atomic E-state index is -0.524. The largest absolute Gasteiger partial charge is 0.394 e. The predicted molar refractivity (Wildman–Crippen MR) is 79.2 cm³/mol. The highest BCUT2D eigenvalue weighted by atomic mass is 16.3. The van der Waals surface area contributed by atoms with Crippen LogP contribution in [0.1, 0.15) is 31.2 Å². The average Bonchev–Trinajstić information content (AvgIpc) is 2.72. The number of hydrogen-bond acceptors (Lipinski definition) is 3. The molecule has 1 aliphatic heterocycles. The van der Waals surface area contributed by atoms with E-state index in [0.29, 0.717) is 13.0 Å². The van der Waals surface area contributed by atoms with Gasteiger partial charge in [0.05, 0.1) is 18.7 Å². The van der Waals surface area contributed by atoms with Crippen LogP contribution in [0.4, 0.5) is 0 Å². The lowest BCUT2D eigenvalue weighted by atomic mass is 10.0. The zero-order chi connectivity index (χ0) is 14.4. The van der Waals surface area contributed by atoms with Crippen LogP contribution in [-0.2, 0) is 11.2 Å². The maximum absolute atomic E-state index is 12.5. The van der Waals surface area contributed by atoms with Crippen molar-refractivity contribution in [3.05, 3.63) is 35.9 Å². The molecule has 0 aliphatic carbocycles. The van der Waals surface area contributed by atoms with Gasteiger partial charge >= 0.3 is 0 Å². The number of rotatable bonds is 4. The Hall–Kier alpha value is -1.39. The molecule has 0 radical (unpaired) electrons. The molecule has 1 fully saturated rings. The monoisotopic (exact) mass is 276 g/mol. The molecule has 1 aromatic rings. The fourth-order valence-corrected chi connectivity index (χ4v) is 2.83. The molecule has 1 saturated heterocycles. The molecule has 0 bridgehead atoms. The van der Waals surface area contributed by atoms with Crippen molar-refractivity contribution in [3.63, 3.8) is 0 Å². The van der Waals surface area contributed by atoms with E-state index in [-0.39, 0.29) is 18.6 Å². The van der Waals surface area contributed by atoms with Crippen LogP contribution in [0, 0.1) is 0 Å². The lowest BCUT2D eigenvalue weighted by Gasteiger charge is -2.31. The minimum Gasteiger partial charge on any atom is -0.394 e. The zero-order valence-corrected chi connectivity index (χ0v) is 11.9. The summed E-state index contributed by atoms with van der Waals surface area (Å²) in [5, 5.41) is 9.47. The first kappa shape index (κ1) is 15.0. The number of hydrogen-bond donors (Lipinski definition) is 2. The Morgan fingerprint density at radius 3 is 2.75 bits per heavy atom. The van der Waals surface area contributed by atoms with Gasteiger partial charge in [-0.3, -0.25) is 4.79 Å². The van der Waals surface area contributed by atoms with Crippen molar-refractivity contribution in [3.8, 4) is 0 Å². The van der Waals surface area contributed by atoms with Crippen molar-refractivity contribution in [2.24, 2.45) is 5.73 Å². The number of likely N-dealkylation sites (tertiary alicyclic amines) is 1. The number of nitrogens with zero attached hydrogens (tertiary/aromatic N) is 1. The van der Waals surface area contributed by atoms with Crippen molar-refractivity contribution in [1.82, 2.24) is 4.90 Å². The third-order valence-corrected chi connectivity index (χ3v) is 3.99. The highest BCUT2D eigenvalue weighted by Crippen LogP contribution is 2.18. The highest BCUT2D eigenvalue weighted by molar-refractivity contribution is 5.82. The third kappa shape index (κ3) is 3.81. The molecule has 4 nitrogen and oxygen atoms in total. The molecule has 20 heavy (non-hydrogen) atoms. The highest BCUT2D eigenvalue weighted by Gasteiger charge is 2.28. The molecule has 3 N–H and O–H groups in total. The summed E-state index contributed by atoms with van der Waals surface area (Å²) in [4.78, 5) is 14.3. The second kappa shape index (κ2) is 7.41. The predicted octanol–water partition coefficient (Wildman–Crippen LogP) is 1.32. The normalized spacial score (nSPS) is 21.3. The molecule has 1 aliphatic rings. The van der Waals surface area contributed by atoms with Gasteiger partial charge in [-0.05, 0) is 24.8 Å². The molecule has 1 aromatic carbocycles. The van der Waals surface area contributed by atoms with E-state index in [4.69, 9.17) is 5.73 Å². The van der Waals surface area contributed by atoms with Gasteiger partial charge in [0.15, 0.2) is 0 Å². The van der Waals surface area contributed by atoms with Gasteiger partial charge in [0.1, 0.15) is 0 Å². The molecule has 0 saturated carbocycles. The van der Waals surface area contributed by atoms with E-state index < -0.39 is 6.04 Å². The molecule has 0 spiro atoms. The lowest BCUT2D eigenvalue weighted by Crippen LogP contribution is -2.50. The summed E-state index contributed by atoms with van der Waals surface area (Å²) in [6, 6.07) is 9.24. The Bertz CT molecular complexity index is 422. The van der Waals surface area contributed by atoms with Crippen LogP contribution < -0.4 is 5.73 Å². The van der Waals surface area contributed by atoms with Gasteiger partial charge in [0.2, 0.25) is 5.91 Å². The third-order valence-electron chi connectivity index (χ3n) is 3.99. The Kier molecular flexibility index (Phi) is 5.56. The van der Waals surface area contributed by atoms with Crippen molar-refractivity contribution in [1.29, 1.82) is 0 Å². The van der Waals surface area contributed by atoms with E-state index in [1.165, 1.54) is 0 Å². The Labute approximate surface area is 120 Å². The van der Waals surface area contributed by atoms with Crippen molar-refractivity contribution in [2.45, 2.75) is 44.2 Å². The summed E-state index contributed by atoms with van der Waals surface area (Å²) in [6.07, 6.45) is 4.62. The van der Waals surface area contributed by atoms with Crippen molar-refractivity contribution in [2.75, 3.05) is 13.2 Å². The molecular formula is C16H24N2O2. The Balaban J connectivity index is 2.00. The molecule has 2 atom stereocenters. The van der Waals surface area contributed by atoms with E-state index in [1.807, 2.05) is 30.3 Å². The standard InChI is InChI=1S/C16H24N2O2/c17-15(11-13-7-3-1-4-8-13)16(20)18-10-6-2-5-9-14(18)12-19/h1,3-4,7-8,14-15,19H,2,5-6,9-12,17H2/t14?,15-/m1/s1. The number of nitrogens with two attached hydrogens (primary N) is 1. The number of aliphatic hydroxyl groups is 1. The van der Waals surface area contributed by atoms with Crippen LogP contribution in [0.5, 0.6) is 0 Å². The van der Waals surface area contributed by atoms with Gasteiger partial charge in [-0.25, -0.2) is 0 Å². The topological polar surface area (TPSA) is 66.6 Å². The minimum absolute atomic E-state index is 0.0315. The molecule has 1 heterocycles.